The van der Waals surface area contributed by atoms with Crippen LogP contribution in [0.25, 0.3) is 0 Å². The molecule has 5 heteroatoms. The number of amides is 1. The minimum Gasteiger partial charge on any atom is -0.481 e. The fraction of sp³-hybridized carbons (Fsp3) is 0.818. The van der Waals surface area contributed by atoms with E-state index >= 15 is 0 Å². The summed E-state index contributed by atoms with van der Waals surface area (Å²) >= 11 is 0. The number of hydrogen-bond acceptors (Lipinski definition) is 3. The molecule has 0 heterocycles. The van der Waals surface area contributed by atoms with Crippen LogP contribution < -0.4 is 11.1 Å². The third kappa shape index (κ3) is 3.20. The van der Waals surface area contributed by atoms with E-state index in [2.05, 4.69) is 5.32 Å². The Hall–Kier alpha value is -1.10. The first-order valence-electron chi connectivity index (χ1n) is 5.81. The van der Waals surface area contributed by atoms with Gasteiger partial charge in [0.05, 0.1) is 12.0 Å². The van der Waals surface area contributed by atoms with Crippen LogP contribution in [0.5, 0.6) is 0 Å². The van der Waals surface area contributed by atoms with Crippen molar-refractivity contribution < 1.29 is 14.7 Å². The van der Waals surface area contributed by atoms with Crippen molar-refractivity contribution in [1.29, 1.82) is 0 Å². The van der Waals surface area contributed by atoms with Crippen molar-refractivity contribution in [3.63, 3.8) is 0 Å². The molecule has 4 N–H and O–H groups in total. The van der Waals surface area contributed by atoms with Gasteiger partial charge in [-0.1, -0.05) is 13.3 Å². The molecule has 0 spiro atoms. The summed E-state index contributed by atoms with van der Waals surface area (Å²) in [5.41, 5.74) is 5.21. The first kappa shape index (κ1) is 13.0. The molecule has 0 aromatic heterocycles. The summed E-state index contributed by atoms with van der Waals surface area (Å²) in [6, 6.07) is -0.338. The number of carboxylic acid groups (broad SMARTS) is 1. The number of carbonyl (C=O) groups excluding carboxylic acids is 1. The number of carbonyl (C=O) groups is 2. The van der Waals surface area contributed by atoms with Crippen LogP contribution in [-0.2, 0) is 9.59 Å². The van der Waals surface area contributed by atoms with Crippen LogP contribution >= 0.6 is 0 Å². The van der Waals surface area contributed by atoms with Crippen LogP contribution in [0.2, 0.25) is 0 Å². The first-order valence-corrected chi connectivity index (χ1v) is 5.81. The topological polar surface area (TPSA) is 92.4 Å². The molecule has 0 aliphatic heterocycles. The summed E-state index contributed by atoms with van der Waals surface area (Å²) in [5.74, 6) is -1.23. The highest BCUT2D eigenvalue weighted by molar-refractivity contribution is 5.79. The average molecular weight is 228 g/mol. The molecule has 1 amide bonds. The lowest BCUT2D eigenvalue weighted by atomic mass is 9.96. The summed E-state index contributed by atoms with van der Waals surface area (Å²) in [7, 11) is 0. The predicted molar refractivity (Wildman–Crippen MR) is 59.7 cm³/mol. The van der Waals surface area contributed by atoms with Crippen LogP contribution in [0, 0.1) is 11.8 Å². The Balaban J connectivity index is 2.42. The maximum Gasteiger partial charge on any atom is 0.306 e. The largest absolute Gasteiger partial charge is 0.481 e. The molecule has 1 fully saturated rings. The Kier molecular flexibility index (Phi) is 4.73. The van der Waals surface area contributed by atoms with Gasteiger partial charge < -0.3 is 16.2 Å². The van der Waals surface area contributed by atoms with Crippen LogP contribution in [0.4, 0.5) is 0 Å². The van der Waals surface area contributed by atoms with E-state index in [-0.39, 0.29) is 23.8 Å². The van der Waals surface area contributed by atoms with Crippen molar-refractivity contribution in [1.82, 2.24) is 5.32 Å². The third-order valence-electron chi connectivity index (χ3n) is 3.35. The van der Waals surface area contributed by atoms with Gasteiger partial charge in [0.1, 0.15) is 0 Å². The molecule has 5 nitrogen and oxygen atoms in total. The van der Waals surface area contributed by atoms with E-state index in [9.17, 15) is 9.59 Å². The normalized spacial score (nSPS) is 26.6. The maximum absolute atomic E-state index is 11.0. The molecule has 0 radical (unpaired) electrons. The molecule has 3 unspecified atom stereocenters. The first-order chi connectivity index (χ1) is 7.56. The summed E-state index contributed by atoms with van der Waals surface area (Å²) < 4.78 is 0. The zero-order valence-corrected chi connectivity index (χ0v) is 9.61. The Bertz CT molecular complexity index is 268. The smallest absolute Gasteiger partial charge is 0.306 e. The Morgan fingerprint density at radius 2 is 2.19 bits per heavy atom. The number of nitrogens with two attached hydrogens (primary N) is 1. The molecule has 1 saturated carbocycles. The van der Waals surface area contributed by atoms with Crippen molar-refractivity contribution in [2.24, 2.45) is 17.6 Å². The fourth-order valence-corrected chi connectivity index (χ4v) is 2.35. The van der Waals surface area contributed by atoms with Crippen molar-refractivity contribution >= 4 is 11.9 Å². The Morgan fingerprint density at radius 3 is 2.69 bits per heavy atom. The molecular formula is C11H20N2O3. The second-order valence-electron chi connectivity index (χ2n) is 4.41. The van der Waals surface area contributed by atoms with Gasteiger partial charge in [0.25, 0.3) is 0 Å². The highest BCUT2D eigenvalue weighted by Gasteiger charge is 2.33. The van der Waals surface area contributed by atoms with E-state index in [1.165, 1.54) is 0 Å². The average Bonchev–Trinajstić information content (AvgIpc) is 2.66. The van der Waals surface area contributed by atoms with Crippen molar-refractivity contribution in [3.05, 3.63) is 0 Å². The van der Waals surface area contributed by atoms with Crippen LogP contribution in [-0.4, -0.2) is 29.6 Å². The van der Waals surface area contributed by atoms with Gasteiger partial charge in [-0.3, -0.25) is 9.59 Å². The summed E-state index contributed by atoms with van der Waals surface area (Å²) in [6.45, 7) is 2.45. The second-order valence-corrected chi connectivity index (χ2v) is 4.41. The van der Waals surface area contributed by atoms with Gasteiger partial charge in [0, 0.05) is 0 Å². The number of carboxylic acids is 1. The predicted octanol–water partition coefficient (Wildman–Crippen LogP) is 0.341. The number of primary amides is 1. The summed E-state index contributed by atoms with van der Waals surface area (Å²) in [6.07, 6.45) is 3.25. The lowest BCUT2D eigenvalue weighted by Gasteiger charge is -2.19. The van der Waals surface area contributed by atoms with Gasteiger partial charge in [-0.2, -0.15) is 0 Å². The van der Waals surface area contributed by atoms with Crippen molar-refractivity contribution in [2.45, 2.75) is 38.6 Å². The van der Waals surface area contributed by atoms with E-state index in [4.69, 9.17) is 10.8 Å². The Morgan fingerprint density at radius 1 is 1.50 bits per heavy atom. The zero-order chi connectivity index (χ0) is 12.1. The third-order valence-corrected chi connectivity index (χ3v) is 3.35. The lowest BCUT2D eigenvalue weighted by molar-refractivity contribution is -0.142. The van der Waals surface area contributed by atoms with Gasteiger partial charge in [0.2, 0.25) is 5.91 Å². The monoisotopic (exact) mass is 228 g/mol. The molecular weight excluding hydrogens is 208 g/mol. The minimum atomic E-state index is -0.726. The summed E-state index contributed by atoms with van der Waals surface area (Å²) in [4.78, 5) is 21.9. The zero-order valence-electron chi connectivity index (χ0n) is 9.61. The van der Waals surface area contributed by atoms with E-state index < -0.39 is 5.97 Å². The standard InChI is InChI=1S/C11H20N2O3/c1-2-9(10(12)14)13-6-7-4-3-5-8(7)11(15)16/h7-9,13H,2-6H2,1H3,(H2,12,14)(H,15,16). The molecule has 1 rings (SSSR count). The van der Waals surface area contributed by atoms with Gasteiger partial charge >= 0.3 is 5.97 Å². The van der Waals surface area contributed by atoms with Crippen molar-refractivity contribution in [3.8, 4) is 0 Å². The van der Waals surface area contributed by atoms with Gasteiger partial charge in [-0.05, 0) is 31.7 Å². The molecule has 0 saturated heterocycles. The molecule has 0 aromatic rings. The Labute approximate surface area is 95.4 Å². The summed E-state index contributed by atoms with van der Waals surface area (Å²) in [5, 5.41) is 12.1. The van der Waals surface area contributed by atoms with E-state index in [1.807, 2.05) is 6.92 Å². The molecule has 1 aliphatic carbocycles. The molecule has 1 aliphatic rings. The van der Waals surface area contributed by atoms with E-state index in [0.717, 1.165) is 19.3 Å². The van der Waals surface area contributed by atoms with E-state index in [0.29, 0.717) is 13.0 Å². The molecule has 0 aromatic carbocycles. The molecule has 92 valence electrons. The lowest BCUT2D eigenvalue weighted by Crippen LogP contribution is -2.43. The van der Waals surface area contributed by atoms with Crippen LogP contribution in [0.1, 0.15) is 32.6 Å². The van der Waals surface area contributed by atoms with Crippen molar-refractivity contribution in [2.75, 3.05) is 6.54 Å². The maximum atomic E-state index is 11.0. The van der Waals surface area contributed by atoms with Gasteiger partial charge in [-0.25, -0.2) is 0 Å². The highest BCUT2D eigenvalue weighted by Crippen LogP contribution is 2.31. The van der Waals surface area contributed by atoms with Gasteiger partial charge in [0.15, 0.2) is 0 Å². The second kappa shape index (κ2) is 5.84. The van der Waals surface area contributed by atoms with Crippen LogP contribution in [0.3, 0.4) is 0 Å². The number of nitrogens with one attached hydrogen (secondary N) is 1. The van der Waals surface area contributed by atoms with E-state index in [1.54, 1.807) is 0 Å². The number of hydrogen-bond donors (Lipinski definition) is 3. The number of rotatable bonds is 6. The SMILES string of the molecule is CCC(NCC1CCCC1C(=O)O)C(N)=O. The minimum absolute atomic E-state index is 0.130. The molecule has 0 bridgehead atoms. The van der Waals surface area contributed by atoms with Gasteiger partial charge in [-0.15, -0.1) is 0 Å². The molecule has 16 heavy (non-hydrogen) atoms. The molecule has 3 atom stereocenters. The number of aliphatic carboxylic acids is 1. The fourth-order valence-electron chi connectivity index (χ4n) is 2.35. The quantitative estimate of drug-likeness (QED) is 0.611. The highest BCUT2D eigenvalue weighted by atomic mass is 16.4. The van der Waals surface area contributed by atoms with Crippen LogP contribution in [0.15, 0.2) is 0 Å².